The van der Waals surface area contributed by atoms with Gasteiger partial charge in [-0.1, -0.05) is 21.9 Å². The first-order chi connectivity index (χ1) is 25.9. The van der Waals surface area contributed by atoms with Crippen molar-refractivity contribution in [2.45, 2.75) is 50.1 Å². The number of rotatable bonds is 13. The number of hydrogen-bond acceptors (Lipinski definition) is 15. The number of carboxylic acids is 2. The van der Waals surface area contributed by atoms with Crippen LogP contribution in [0.2, 0.25) is 5.02 Å². The van der Waals surface area contributed by atoms with Gasteiger partial charge in [0.2, 0.25) is 5.60 Å². The SMILES string of the molecule is CC(C)(O/N=C(\C(=O)N[C@@H]1C(=O)N2C(C(=O)O)=C(C[N+]34CCC(CNC(=O)/C(=N\O)c5ccc(O)c(O)c5Cl)(CC3)CC4)CS[C@H]12)c1csc(N)n1)C(=O)O. The van der Waals surface area contributed by atoms with Crippen LogP contribution < -0.4 is 16.4 Å². The highest BCUT2D eigenvalue weighted by molar-refractivity contribution is 8.00. The van der Waals surface area contributed by atoms with E-state index in [0.29, 0.717) is 61.3 Å². The Hall–Kier alpha value is -5.12. The molecule has 9 N–H and O–H groups in total. The summed E-state index contributed by atoms with van der Waals surface area (Å²) in [5, 5.41) is 61.7. The summed E-state index contributed by atoms with van der Waals surface area (Å²) >= 11 is 8.40. The van der Waals surface area contributed by atoms with Crippen molar-refractivity contribution in [2.24, 2.45) is 15.7 Å². The van der Waals surface area contributed by atoms with E-state index in [0.717, 1.165) is 17.4 Å². The lowest BCUT2D eigenvalue weighted by Crippen LogP contribution is -2.71. The Kier molecular flexibility index (Phi) is 10.7. The fraction of sp³-hybridized carbons (Fsp3) is 0.455. The van der Waals surface area contributed by atoms with Crippen LogP contribution in [0.1, 0.15) is 44.4 Å². The number of phenols is 2. The zero-order valence-electron chi connectivity index (χ0n) is 29.4. The van der Waals surface area contributed by atoms with Crippen LogP contribution in [0.4, 0.5) is 5.13 Å². The van der Waals surface area contributed by atoms with Gasteiger partial charge in [-0.05, 0) is 26.0 Å². The van der Waals surface area contributed by atoms with Gasteiger partial charge in [0, 0.05) is 53.5 Å². The molecule has 294 valence electrons. The monoisotopic (exact) mass is 821 g/mol. The molecule has 2 atom stereocenters. The third-order valence-electron chi connectivity index (χ3n) is 10.6. The Balaban J connectivity index is 1.10. The number of aromatic hydroxyl groups is 2. The van der Waals surface area contributed by atoms with E-state index in [2.05, 4.69) is 25.9 Å². The summed E-state index contributed by atoms with van der Waals surface area (Å²) < 4.78 is 0.601. The highest BCUT2D eigenvalue weighted by atomic mass is 35.5. The number of anilines is 1. The summed E-state index contributed by atoms with van der Waals surface area (Å²) in [6, 6.07) is 1.26. The standard InChI is InChI=1S/C33H37ClN8O11S2/c1-32(2,30(50)51)53-40-21(17-13-55-31(35)37-17)26(46)38-22-27(47)41-23(29(48)49)15(12-54-28(22)41)11-42-8-5-33(6-9-42,7-10-42)14-36-25(45)20(39-52)16-3-4-18(43)24(44)19(16)34/h3-4,13,22,28H,5-12,14H2,1-2H3,(H8-,35,36,37,38,39,40,43,44,45,46,48,49,50,51,52)/p+1/t22-,28-,33?,42?/m1/s1. The molecule has 3 amide bonds. The second-order valence-electron chi connectivity index (χ2n) is 14.4. The molecule has 55 heavy (non-hydrogen) atoms. The number of halogens is 1. The molecular weight excluding hydrogens is 784 g/mol. The summed E-state index contributed by atoms with van der Waals surface area (Å²) in [7, 11) is 0. The molecule has 0 aliphatic carbocycles. The number of nitrogens with zero attached hydrogens (tertiary/aromatic N) is 5. The van der Waals surface area contributed by atoms with E-state index in [1.54, 1.807) is 0 Å². The predicted octanol–water partition coefficient (Wildman–Crippen LogP) is 1.11. The van der Waals surface area contributed by atoms with E-state index in [9.17, 15) is 49.6 Å². The lowest BCUT2D eigenvalue weighted by Gasteiger charge is -2.56. The first-order valence-electron chi connectivity index (χ1n) is 16.9. The molecule has 2 aromatic rings. The minimum absolute atomic E-state index is 0.00167. The highest BCUT2D eigenvalue weighted by Gasteiger charge is 2.56. The number of carboxylic acid groups (broad SMARTS) is 2. The largest absolute Gasteiger partial charge is 0.504 e. The number of oxime groups is 2. The number of carbonyl (C=O) groups excluding carboxylic acids is 3. The number of quaternary nitrogens is 1. The Morgan fingerprint density at radius 1 is 1.13 bits per heavy atom. The molecule has 0 saturated carbocycles. The maximum Gasteiger partial charge on any atom is 0.352 e. The maximum absolute atomic E-state index is 13.5. The summed E-state index contributed by atoms with van der Waals surface area (Å²) in [5.41, 5.74) is 3.26. The molecule has 0 unspecified atom stereocenters. The van der Waals surface area contributed by atoms with Crippen molar-refractivity contribution >= 4 is 80.9 Å². The Morgan fingerprint density at radius 2 is 1.80 bits per heavy atom. The van der Waals surface area contributed by atoms with Crippen LogP contribution in [0.3, 0.4) is 0 Å². The van der Waals surface area contributed by atoms with Gasteiger partial charge >= 0.3 is 11.9 Å². The number of carbonyl (C=O) groups is 5. The Labute approximate surface area is 326 Å². The Morgan fingerprint density at radius 3 is 2.38 bits per heavy atom. The number of aliphatic carboxylic acids is 2. The van der Waals surface area contributed by atoms with Crippen molar-refractivity contribution < 1.29 is 58.9 Å². The Bertz CT molecular complexity index is 2040. The lowest BCUT2D eigenvalue weighted by molar-refractivity contribution is -0.941. The van der Waals surface area contributed by atoms with Crippen molar-refractivity contribution in [3.05, 3.63) is 45.1 Å². The van der Waals surface area contributed by atoms with Crippen molar-refractivity contribution in [1.82, 2.24) is 20.5 Å². The van der Waals surface area contributed by atoms with Crippen molar-refractivity contribution in [3.8, 4) is 11.5 Å². The number of fused-ring (bicyclic) bond motifs is 4. The third-order valence-corrected chi connectivity index (χ3v) is 13.0. The fourth-order valence-corrected chi connectivity index (χ4v) is 9.30. The normalized spacial score (nSPS) is 25.2. The summed E-state index contributed by atoms with van der Waals surface area (Å²) in [4.78, 5) is 74.6. The number of piperidine rings is 3. The van der Waals surface area contributed by atoms with Gasteiger partial charge in [-0.15, -0.1) is 23.1 Å². The predicted molar refractivity (Wildman–Crippen MR) is 198 cm³/mol. The average molecular weight is 822 g/mol. The van der Waals surface area contributed by atoms with Gasteiger partial charge in [0.1, 0.15) is 29.4 Å². The van der Waals surface area contributed by atoms with E-state index in [-0.39, 0.29) is 39.1 Å². The zero-order chi connectivity index (χ0) is 40.0. The first-order valence-corrected chi connectivity index (χ1v) is 19.2. The molecule has 19 nitrogen and oxygen atoms in total. The van der Waals surface area contributed by atoms with E-state index in [1.165, 1.54) is 42.0 Å². The van der Waals surface area contributed by atoms with Crippen molar-refractivity contribution in [2.75, 3.05) is 44.2 Å². The zero-order valence-corrected chi connectivity index (χ0v) is 31.8. The number of amides is 3. The molecule has 1 aromatic carbocycles. The number of benzene rings is 1. The number of thiazole rings is 1. The molecule has 0 spiro atoms. The summed E-state index contributed by atoms with van der Waals surface area (Å²) in [5.74, 6) is -5.70. The number of phenolic OH excluding ortho intramolecular Hbond substituents is 2. The quantitative estimate of drug-likeness (QED) is 0.0351. The molecule has 22 heteroatoms. The van der Waals surface area contributed by atoms with Gasteiger partial charge in [0.25, 0.3) is 17.7 Å². The van der Waals surface area contributed by atoms with Crippen LogP contribution in [0.25, 0.3) is 0 Å². The number of nitrogens with one attached hydrogen (secondary N) is 2. The minimum Gasteiger partial charge on any atom is -0.504 e. The van der Waals surface area contributed by atoms with Gasteiger partial charge < -0.3 is 51.3 Å². The minimum atomic E-state index is -1.80. The molecule has 4 fully saturated rings. The van der Waals surface area contributed by atoms with Crippen LogP contribution in [0.5, 0.6) is 11.5 Å². The second kappa shape index (κ2) is 14.8. The van der Waals surface area contributed by atoms with Gasteiger partial charge in [0.05, 0.1) is 24.7 Å². The number of thioether (sulfide) groups is 1. The van der Waals surface area contributed by atoms with Crippen LogP contribution in [0, 0.1) is 5.41 Å². The van der Waals surface area contributed by atoms with Crippen LogP contribution in [0.15, 0.2) is 39.1 Å². The molecule has 0 radical (unpaired) electrons. The molecule has 7 rings (SSSR count). The topological polar surface area (TPSA) is 287 Å². The fourth-order valence-electron chi connectivity index (χ4n) is 7.17. The maximum atomic E-state index is 13.5. The molecule has 1 aromatic heterocycles. The van der Waals surface area contributed by atoms with E-state index >= 15 is 0 Å². The average Bonchev–Trinajstić information content (AvgIpc) is 3.59. The molecule has 4 saturated heterocycles. The number of nitrogen functional groups attached to an aromatic ring is 1. The van der Waals surface area contributed by atoms with Gasteiger partial charge in [-0.2, -0.15) is 0 Å². The van der Waals surface area contributed by atoms with Gasteiger partial charge in [0.15, 0.2) is 28.1 Å². The van der Waals surface area contributed by atoms with E-state index in [1.807, 2.05) is 0 Å². The summed E-state index contributed by atoms with van der Waals surface area (Å²) in [6.07, 6.45) is 2.14. The molecule has 2 bridgehead atoms. The summed E-state index contributed by atoms with van der Waals surface area (Å²) in [6.45, 7) is 5.21. The van der Waals surface area contributed by atoms with E-state index in [4.69, 9.17) is 22.2 Å². The third kappa shape index (κ3) is 7.48. The van der Waals surface area contributed by atoms with Crippen LogP contribution in [-0.2, 0) is 28.8 Å². The van der Waals surface area contributed by atoms with Gasteiger partial charge in [-0.3, -0.25) is 19.3 Å². The molecular formula is C33H38ClN8O11S2+. The number of β-lactam (4-membered cyclic amide) rings is 1. The molecule has 5 aliphatic heterocycles. The van der Waals surface area contributed by atoms with Crippen LogP contribution >= 0.6 is 34.7 Å². The van der Waals surface area contributed by atoms with E-state index < -0.39 is 69.6 Å². The number of nitrogens with two attached hydrogens (primary N) is 1. The lowest BCUT2D eigenvalue weighted by atomic mass is 9.70. The number of hydrogen-bond donors (Lipinski definition) is 8. The highest BCUT2D eigenvalue weighted by Crippen LogP contribution is 2.46. The van der Waals surface area contributed by atoms with Crippen molar-refractivity contribution in [3.63, 3.8) is 0 Å². The first kappa shape index (κ1) is 39.6. The van der Waals surface area contributed by atoms with Gasteiger partial charge in [-0.25, -0.2) is 14.6 Å². The van der Waals surface area contributed by atoms with Crippen molar-refractivity contribution in [1.29, 1.82) is 0 Å². The number of aromatic nitrogens is 1. The molecule has 6 heterocycles. The molecule has 5 aliphatic rings. The van der Waals surface area contributed by atoms with Crippen LogP contribution in [-0.4, -0.2) is 137 Å². The smallest absolute Gasteiger partial charge is 0.352 e. The second-order valence-corrected chi connectivity index (χ2v) is 16.8.